The van der Waals surface area contributed by atoms with Crippen LogP contribution in [0.25, 0.3) is 0 Å². The van der Waals surface area contributed by atoms with E-state index in [0.717, 1.165) is 0 Å². The molecule has 0 saturated heterocycles. The molecular weight excluding hydrogens is 312 g/mol. The van der Waals surface area contributed by atoms with Gasteiger partial charge < -0.3 is 15.0 Å². The van der Waals surface area contributed by atoms with Gasteiger partial charge in [-0.1, -0.05) is 0 Å². The number of hydrogen-bond donors (Lipinski definition) is 1. The van der Waals surface area contributed by atoms with Gasteiger partial charge in [-0.25, -0.2) is 0 Å². The molecule has 0 aliphatic heterocycles. The van der Waals surface area contributed by atoms with Crippen molar-refractivity contribution >= 4 is 27.7 Å². The van der Waals surface area contributed by atoms with Gasteiger partial charge in [0.15, 0.2) is 0 Å². The Labute approximate surface area is 121 Å². The van der Waals surface area contributed by atoms with Crippen molar-refractivity contribution in [2.24, 2.45) is 0 Å². The van der Waals surface area contributed by atoms with Gasteiger partial charge in [0.05, 0.1) is 19.2 Å². The second-order valence-corrected chi connectivity index (χ2v) is 4.81. The highest BCUT2D eigenvalue weighted by molar-refractivity contribution is 9.10. The summed E-state index contributed by atoms with van der Waals surface area (Å²) in [5.41, 5.74) is 0.464. The SMILES string of the molecule is CCNC(=O)CN(C)C(=O)c1cc(OC)ccc1Br. The molecule has 0 bridgehead atoms. The van der Waals surface area contributed by atoms with Gasteiger partial charge in [0, 0.05) is 18.1 Å². The van der Waals surface area contributed by atoms with Gasteiger partial charge in [-0.3, -0.25) is 9.59 Å². The van der Waals surface area contributed by atoms with Crippen LogP contribution in [0.5, 0.6) is 5.75 Å². The van der Waals surface area contributed by atoms with Gasteiger partial charge in [-0.05, 0) is 41.1 Å². The molecule has 0 fully saturated rings. The zero-order chi connectivity index (χ0) is 14.4. The van der Waals surface area contributed by atoms with Crippen LogP contribution in [0.15, 0.2) is 22.7 Å². The lowest BCUT2D eigenvalue weighted by Crippen LogP contribution is -2.38. The maximum Gasteiger partial charge on any atom is 0.255 e. The van der Waals surface area contributed by atoms with E-state index in [1.54, 1.807) is 25.2 Å². The molecule has 0 aliphatic rings. The normalized spacial score (nSPS) is 9.89. The Morgan fingerprint density at radius 3 is 2.68 bits per heavy atom. The summed E-state index contributed by atoms with van der Waals surface area (Å²) < 4.78 is 5.76. The van der Waals surface area contributed by atoms with E-state index in [9.17, 15) is 9.59 Å². The molecule has 0 radical (unpaired) electrons. The summed E-state index contributed by atoms with van der Waals surface area (Å²) in [6, 6.07) is 5.14. The number of ether oxygens (including phenoxy) is 1. The van der Waals surface area contributed by atoms with Crippen LogP contribution < -0.4 is 10.1 Å². The number of carbonyl (C=O) groups excluding carboxylic acids is 2. The predicted octanol–water partition coefficient (Wildman–Crippen LogP) is 1.67. The first-order valence-corrected chi connectivity index (χ1v) is 6.64. The molecule has 19 heavy (non-hydrogen) atoms. The van der Waals surface area contributed by atoms with Crippen LogP contribution in [0.3, 0.4) is 0 Å². The molecule has 1 rings (SSSR count). The number of rotatable bonds is 5. The van der Waals surface area contributed by atoms with Crippen molar-refractivity contribution < 1.29 is 14.3 Å². The molecule has 0 atom stereocenters. The second-order valence-electron chi connectivity index (χ2n) is 3.96. The van der Waals surface area contributed by atoms with E-state index < -0.39 is 0 Å². The van der Waals surface area contributed by atoms with E-state index in [1.807, 2.05) is 6.92 Å². The summed E-state index contributed by atoms with van der Waals surface area (Å²) in [7, 11) is 3.12. The lowest BCUT2D eigenvalue weighted by molar-refractivity contribution is -0.121. The average molecular weight is 329 g/mol. The van der Waals surface area contributed by atoms with Gasteiger partial charge in [0.1, 0.15) is 5.75 Å². The smallest absolute Gasteiger partial charge is 0.255 e. The Morgan fingerprint density at radius 1 is 1.42 bits per heavy atom. The highest BCUT2D eigenvalue weighted by Gasteiger charge is 2.17. The quantitative estimate of drug-likeness (QED) is 0.894. The third kappa shape index (κ3) is 4.24. The van der Waals surface area contributed by atoms with Crippen LogP contribution in [-0.2, 0) is 4.79 Å². The molecule has 0 spiro atoms. The molecule has 0 heterocycles. The van der Waals surface area contributed by atoms with Gasteiger partial charge in [0.2, 0.25) is 5.91 Å². The van der Waals surface area contributed by atoms with Crippen molar-refractivity contribution in [3.8, 4) is 5.75 Å². The van der Waals surface area contributed by atoms with Crippen molar-refractivity contribution in [3.05, 3.63) is 28.2 Å². The Bertz CT molecular complexity index is 477. The van der Waals surface area contributed by atoms with Crippen molar-refractivity contribution in [1.82, 2.24) is 10.2 Å². The number of halogens is 1. The molecule has 0 aromatic heterocycles. The molecule has 2 amide bonds. The molecule has 0 saturated carbocycles. The Morgan fingerprint density at radius 2 is 2.11 bits per heavy atom. The third-order valence-electron chi connectivity index (χ3n) is 2.51. The molecular formula is C13H17BrN2O3. The van der Waals surface area contributed by atoms with Crippen molar-refractivity contribution in [3.63, 3.8) is 0 Å². The number of carbonyl (C=O) groups is 2. The van der Waals surface area contributed by atoms with Crippen LogP contribution in [0.4, 0.5) is 0 Å². The molecule has 1 aromatic rings. The van der Waals surface area contributed by atoms with E-state index in [1.165, 1.54) is 12.0 Å². The minimum Gasteiger partial charge on any atom is -0.497 e. The summed E-state index contributed by atoms with van der Waals surface area (Å²) in [6.45, 7) is 2.40. The predicted molar refractivity (Wildman–Crippen MR) is 76.3 cm³/mol. The van der Waals surface area contributed by atoms with Crippen LogP contribution in [0.2, 0.25) is 0 Å². The number of likely N-dealkylation sites (N-methyl/N-ethyl adjacent to an activating group) is 2. The highest BCUT2D eigenvalue weighted by Crippen LogP contribution is 2.23. The summed E-state index contributed by atoms with van der Waals surface area (Å²) in [6.07, 6.45) is 0. The third-order valence-corrected chi connectivity index (χ3v) is 3.20. The Kier molecular flexibility index (Phi) is 5.82. The van der Waals surface area contributed by atoms with Gasteiger partial charge >= 0.3 is 0 Å². The summed E-state index contributed by atoms with van der Waals surface area (Å²) in [5.74, 6) is 0.173. The maximum atomic E-state index is 12.2. The monoisotopic (exact) mass is 328 g/mol. The summed E-state index contributed by atoms with van der Waals surface area (Å²) in [5, 5.41) is 2.65. The van der Waals surface area contributed by atoms with Crippen molar-refractivity contribution in [2.75, 3.05) is 27.2 Å². The Hall–Kier alpha value is -1.56. The fraction of sp³-hybridized carbons (Fsp3) is 0.385. The molecule has 0 aliphatic carbocycles. The lowest BCUT2D eigenvalue weighted by atomic mass is 10.2. The summed E-state index contributed by atoms with van der Waals surface area (Å²) >= 11 is 3.32. The highest BCUT2D eigenvalue weighted by atomic mass is 79.9. The zero-order valence-electron chi connectivity index (χ0n) is 11.2. The largest absolute Gasteiger partial charge is 0.497 e. The number of methoxy groups -OCH3 is 1. The maximum absolute atomic E-state index is 12.2. The standard InChI is InChI=1S/C13H17BrN2O3/c1-4-15-12(17)8-16(2)13(18)10-7-9(19-3)5-6-11(10)14/h5-7H,4,8H2,1-3H3,(H,15,17). The first-order chi connectivity index (χ1) is 8.99. The topological polar surface area (TPSA) is 58.6 Å². The van der Waals surface area contributed by atoms with Gasteiger partial charge in [0.25, 0.3) is 5.91 Å². The van der Waals surface area contributed by atoms with Crippen molar-refractivity contribution in [1.29, 1.82) is 0 Å². The molecule has 1 aromatic carbocycles. The molecule has 0 unspecified atom stereocenters. The van der Waals surface area contributed by atoms with Crippen LogP contribution >= 0.6 is 15.9 Å². The zero-order valence-corrected chi connectivity index (χ0v) is 12.8. The molecule has 1 N–H and O–H groups in total. The summed E-state index contributed by atoms with van der Waals surface area (Å²) in [4.78, 5) is 25.1. The fourth-order valence-corrected chi connectivity index (χ4v) is 1.96. The fourth-order valence-electron chi connectivity index (χ4n) is 1.54. The number of nitrogens with zero attached hydrogens (tertiary/aromatic N) is 1. The number of amides is 2. The van der Waals surface area contributed by atoms with Crippen LogP contribution in [0, 0.1) is 0 Å². The number of hydrogen-bond acceptors (Lipinski definition) is 3. The Balaban J connectivity index is 2.84. The first-order valence-electron chi connectivity index (χ1n) is 5.85. The van der Waals surface area contributed by atoms with Crippen LogP contribution in [0.1, 0.15) is 17.3 Å². The second kappa shape index (κ2) is 7.13. The number of benzene rings is 1. The minimum atomic E-state index is -0.239. The van der Waals surface area contributed by atoms with E-state index in [0.29, 0.717) is 22.3 Å². The van der Waals surface area contributed by atoms with Crippen LogP contribution in [-0.4, -0.2) is 44.0 Å². The molecule has 104 valence electrons. The lowest BCUT2D eigenvalue weighted by Gasteiger charge is -2.17. The average Bonchev–Trinajstić information content (AvgIpc) is 2.38. The number of nitrogens with one attached hydrogen (secondary N) is 1. The van der Waals surface area contributed by atoms with E-state index in [2.05, 4.69) is 21.2 Å². The van der Waals surface area contributed by atoms with E-state index >= 15 is 0 Å². The molecule has 5 nitrogen and oxygen atoms in total. The minimum absolute atomic E-state index is 0.0241. The van der Waals surface area contributed by atoms with E-state index in [-0.39, 0.29) is 18.4 Å². The first kappa shape index (κ1) is 15.5. The molecule has 6 heteroatoms. The van der Waals surface area contributed by atoms with Gasteiger partial charge in [-0.15, -0.1) is 0 Å². The van der Waals surface area contributed by atoms with Crippen molar-refractivity contribution in [2.45, 2.75) is 6.92 Å². The van der Waals surface area contributed by atoms with Gasteiger partial charge in [-0.2, -0.15) is 0 Å². The van der Waals surface area contributed by atoms with E-state index in [4.69, 9.17) is 4.74 Å².